The van der Waals surface area contributed by atoms with Gasteiger partial charge in [0, 0.05) is 17.5 Å². The average Bonchev–Trinajstić information content (AvgIpc) is 3.25. The number of benzene rings is 1. The lowest BCUT2D eigenvalue weighted by molar-refractivity contribution is 0.770. The van der Waals surface area contributed by atoms with E-state index in [1.54, 1.807) is 29.4 Å². The van der Waals surface area contributed by atoms with Crippen molar-refractivity contribution >= 4 is 33.3 Å². The van der Waals surface area contributed by atoms with Crippen molar-refractivity contribution < 1.29 is 0 Å². The fourth-order valence-corrected chi connectivity index (χ4v) is 4.45. The summed E-state index contributed by atoms with van der Waals surface area (Å²) >= 11 is 3.35. The molecule has 0 fully saturated rings. The Morgan fingerprint density at radius 1 is 1.12 bits per heavy atom. The van der Waals surface area contributed by atoms with Crippen LogP contribution in [0.2, 0.25) is 0 Å². The minimum absolute atomic E-state index is 0.879. The number of aromatic nitrogens is 4. The number of thioether (sulfide) groups is 1. The van der Waals surface area contributed by atoms with Crippen LogP contribution in [-0.2, 0) is 6.54 Å². The molecule has 0 saturated carbocycles. The number of imidazole rings is 1. The zero-order valence-corrected chi connectivity index (χ0v) is 15.1. The van der Waals surface area contributed by atoms with Crippen molar-refractivity contribution in [3.8, 4) is 21.8 Å². The lowest BCUT2D eigenvalue weighted by Gasteiger charge is -2.06. The number of hydrogen-bond acceptors (Lipinski definition) is 5. The minimum atomic E-state index is 0.879. The van der Waals surface area contributed by atoms with Gasteiger partial charge < -0.3 is 4.57 Å². The molecule has 0 aliphatic rings. The molecule has 0 aliphatic carbocycles. The number of hydrogen-bond donors (Lipinski definition) is 0. The Kier molecular flexibility index (Phi) is 4.08. The van der Waals surface area contributed by atoms with Gasteiger partial charge in [-0.1, -0.05) is 30.3 Å². The summed E-state index contributed by atoms with van der Waals surface area (Å²) < 4.78 is 2.19. The van der Waals surface area contributed by atoms with Crippen LogP contribution in [0.1, 0.15) is 6.92 Å². The molecular formula is C18H16N4S2. The van der Waals surface area contributed by atoms with Gasteiger partial charge in [0.1, 0.15) is 16.2 Å². The fraction of sp³-hybridized carbons (Fsp3) is 0.167. The summed E-state index contributed by atoms with van der Waals surface area (Å²) in [6.45, 7) is 3.02. The number of aryl methyl sites for hydroxylation is 1. The van der Waals surface area contributed by atoms with Crippen LogP contribution in [0.3, 0.4) is 0 Å². The number of thiophene rings is 1. The molecule has 1 aromatic carbocycles. The Hall–Kier alpha value is -2.18. The molecule has 0 bridgehead atoms. The highest BCUT2D eigenvalue weighted by atomic mass is 32.2. The van der Waals surface area contributed by atoms with E-state index in [-0.39, 0.29) is 0 Å². The van der Waals surface area contributed by atoms with Crippen molar-refractivity contribution in [3.63, 3.8) is 0 Å². The molecule has 0 spiro atoms. The topological polar surface area (TPSA) is 43.6 Å². The van der Waals surface area contributed by atoms with Gasteiger partial charge in [-0.25, -0.2) is 15.0 Å². The van der Waals surface area contributed by atoms with Crippen molar-refractivity contribution in [2.75, 3.05) is 6.26 Å². The monoisotopic (exact) mass is 352 g/mol. The highest BCUT2D eigenvalue weighted by Crippen LogP contribution is 2.39. The molecule has 3 heterocycles. The number of rotatable bonds is 4. The molecule has 4 nitrogen and oxygen atoms in total. The third kappa shape index (κ3) is 2.52. The van der Waals surface area contributed by atoms with Crippen LogP contribution in [0.4, 0.5) is 0 Å². The van der Waals surface area contributed by atoms with Crippen molar-refractivity contribution in [2.45, 2.75) is 18.5 Å². The maximum absolute atomic E-state index is 4.67. The van der Waals surface area contributed by atoms with Gasteiger partial charge in [-0.2, -0.15) is 0 Å². The van der Waals surface area contributed by atoms with Gasteiger partial charge in [0.2, 0.25) is 0 Å². The Balaban J connectivity index is 1.95. The molecule has 0 unspecified atom stereocenters. The zero-order valence-electron chi connectivity index (χ0n) is 13.4. The molecule has 0 atom stereocenters. The summed E-state index contributed by atoms with van der Waals surface area (Å²) in [6.07, 6.45) is 5.61. The Bertz CT molecular complexity index is 989. The Morgan fingerprint density at radius 2 is 1.96 bits per heavy atom. The van der Waals surface area contributed by atoms with Gasteiger partial charge >= 0.3 is 0 Å². The second-order valence-corrected chi connectivity index (χ2v) is 7.13. The molecule has 24 heavy (non-hydrogen) atoms. The SMILES string of the molecule is CCn1cnc(-c2ccccc2)c1-c1cc2c(SC)ncnc2s1. The lowest BCUT2D eigenvalue weighted by Crippen LogP contribution is -1.94. The van der Waals surface area contributed by atoms with Gasteiger partial charge in [-0.05, 0) is 19.2 Å². The standard InChI is InChI=1S/C18H16N4S2/c1-3-22-11-21-15(12-7-5-4-6-8-12)16(22)14-9-13-17(23-2)19-10-20-18(13)24-14/h4-11H,3H2,1-2H3. The number of fused-ring (bicyclic) bond motifs is 1. The van der Waals surface area contributed by atoms with E-state index in [2.05, 4.69) is 44.6 Å². The van der Waals surface area contributed by atoms with E-state index in [9.17, 15) is 0 Å². The molecule has 0 N–H and O–H groups in total. The van der Waals surface area contributed by atoms with E-state index >= 15 is 0 Å². The highest BCUT2D eigenvalue weighted by molar-refractivity contribution is 7.98. The first kappa shape index (κ1) is 15.4. The summed E-state index contributed by atoms with van der Waals surface area (Å²) in [7, 11) is 0. The quantitative estimate of drug-likeness (QED) is 0.384. The summed E-state index contributed by atoms with van der Waals surface area (Å²) in [5, 5.41) is 2.14. The van der Waals surface area contributed by atoms with E-state index in [4.69, 9.17) is 0 Å². The van der Waals surface area contributed by atoms with Gasteiger partial charge in [0.05, 0.1) is 22.6 Å². The van der Waals surface area contributed by atoms with Crippen LogP contribution < -0.4 is 0 Å². The van der Waals surface area contributed by atoms with E-state index in [1.807, 2.05) is 30.8 Å². The van der Waals surface area contributed by atoms with Gasteiger partial charge in [-0.3, -0.25) is 0 Å². The maximum atomic E-state index is 4.67. The first-order chi connectivity index (χ1) is 11.8. The second kappa shape index (κ2) is 6.37. The van der Waals surface area contributed by atoms with Crippen LogP contribution in [0.5, 0.6) is 0 Å². The summed E-state index contributed by atoms with van der Waals surface area (Å²) in [5.41, 5.74) is 3.30. The molecule has 0 saturated heterocycles. The lowest BCUT2D eigenvalue weighted by atomic mass is 10.1. The fourth-order valence-electron chi connectivity index (χ4n) is 2.80. The largest absolute Gasteiger partial charge is 0.330 e. The molecule has 3 aromatic heterocycles. The van der Waals surface area contributed by atoms with Crippen molar-refractivity contribution in [3.05, 3.63) is 49.1 Å². The molecule has 120 valence electrons. The van der Waals surface area contributed by atoms with Crippen LogP contribution >= 0.6 is 23.1 Å². The predicted octanol–water partition coefficient (Wildman–Crippen LogP) is 4.96. The number of nitrogens with zero attached hydrogens (tertiary/aromatic N) is 4. The van der Waals surface area contributed by atoms with Crippen LogP contribution in [-0.4, -0.2) is 25.8 Å². The summed E-state index contributed by atoms with van der Waals surface area (Å²) in [5.74, 6) is 0. The smallest absolute Gasteiger partial charge is 0.128 e. The van der Waals surface area contributed by atoms with E-state index in [0.29, 0.717) is 0 Å². The molecule has 6 heteroatoms. The Morgan fingerprint density at radius 3 is 2.71 bits per heavy atom. The predicted molar refractivity (Wildman–Crippen MR) is 102 cm³/mol. The average molecular weight is 352 g/mol. The van der Waals surface area contributed by atoms with Crippen molar-refractivity contribution in [2.24, 2.45) is 0 Å². The van der Waals surface area contributed by atoms with Gasteiger partial charge in [0.25, 0.3) is 0 Å². The zero-order chi connectivity index (χ0) is 16.5. The molecule has 0 aliphatic heterocycles. The van der Waals surface area contributed by atoms with Crippen LogP contribution in [0.25, 0.3) is 32.0 Å². The third-order valence-corrected chi connectivity index (χ3v) is 5.71. The first-order valence-corrected chi connectivity index (χ1v) is 9.75. The molecule has 0 radical (unpaired) electrons. The normalized spacial score (nSPS) is 11.2. The van der Waals surface area contributed by atoms with Gasteiger partial charge in [-0.15, -0.1) is 23.1 Å². The third-order valence-electron chi connectivity index (χ3n) is 3.95. The highest BCUT2D eigenvalue weighted by Gasteiger charge is 2.18. The maximum Gasteiger partial charge on any atom is 0.128 e. The van der Waals surface area contributed by atoms with E-state index in [0.717, 1.165) is 38.7 Å². The van der Waals surface area contributed by atoms with Crippen LogP contribution in [0, 0.1) is 0 Å². The van der Waals surface area contributed by atoms with Crippen molar-refractivity contribution in [1.82, 2.24) is 19.5 Å². The first-order valence-electron chi connectivity index (χ1n) is 7.71. The molecule has 4 rings (SSSR count). The van der Waals surface area contributed by atoms with Crippen molar-refractivity contribution in [1.29, 1.82) is 0 Å². The van der Waals surface area contributed by atoms with Crippen LogP contribution in [0.15, 0.2) is 54.1 Å². The molecule has 4 aromatic rings. The Labute approximate surface area is 148 Å². The second-order valence-electron chi connectivity index (χ2n) is 5.31. The minimum Gasteiger partial charge on any atom is -0.330 e. The van der Waals surface area contributed by atoms with E-state index < -0.39 is 0 Å². The molecule has 0 amide bonds. The summed E-state index contributed by atoms with van der Waals surface area (Å²) in [6, 6.07) is 12.5. The molecular weight excluding hydrogens is 336 g/mol. The van der Waals surface area contributed by atoms with Gasteiger partial charge in [0.15, 0.2) is 0 Å². The van der Waals surface area contributed by atoms with E-state index in [1.165, 1.54) is 4.88 Å². The summed E-state index contributed by atoms with van der Waals surface area (Å²) in [4.78, 5) is 15.7.